The molecule has 1 aliphatic rings. The van der Waals surface area contributed by atoms with Crippen LogP contribution in [0.15, 0.2) is 36.7 Å². The van der Waals surface area contributed by atoms with Crippen molar-refractivity contribution in [2.75, 3.05) is 32.6 Å². The number of carbonyl (C=O) groups is 2. The number of aromatic nitrogens is 2. The number of nitrogens with zero attached hydrogens (tertiary/aromatic N) is 3. The van der Waals surface area contributed by atoms with E-state index >= 15 is 0 Å². The number of carbonyl (C=O) groups excluding carboxylic acids is 2. The van der Waals surface area contributed by atoms with Gasteiger partial charge in [0.2, 0.25) is 11.8 Å². The van der Waals surface area contributed by atoms with E-state index in [0.29, 0.717) is 36.1 Å². The van der Waals surface area contributed by atoms with Gasteiger partial charge in [-0.05, 0) is 31.2 Å². The normalized spacial score (nSPS) is 16.3. The van der Waals surface area contributed by atoms with Gasteiger partial charge >= 0.3 is 0 Å². The van der Waals surface area contributed by atoms with Gasteiger partial charge in [-0.1, -0.05) is 0 Å². The van der Waals surface area contributed by atoms with Crippen molar-refractivity contribution in [1.82, 2.24) is 14.7 Å². The minimum Gasteiger partial charge on any atom is -0.497 e. The van der Waals surface area contributed by atoms with Crippen LogP contribution in [-0.4, -0.2) is 53.8 Å². The summed E-state index contributed by atoms with van der Waals surface area (Å²) in [5, 5.41) is 7.00. The van der Waals surface area contributed by atoms with E-state index in [-0.39, 0.29) is 18.4 Å². The number of benzene rings is 1. The number of anilines is 1. The van der Waals surface area contributed by atoms with Crippen molar-refractivity contribution in [2.45, 2.75) is 32.2 Å². The standard InChI is InChI=1S/C21H28N4O4/c1-28-18-11-17(12-19(13-18)29-2)23-20(26)7-6-16-5-3-9-24(14-16)21(27)15-25-10-4-8-22-25/h4,8,10-13,16H,3,5-7,9,14-15H2,1-2H3,(H,23,26). The number of hydrogen-bond acceptors (Lipinski definition) is 5. The zero-order valence-electron chi connectivity index (χ0n) is 17.0. The number of rotatable bonds is 8. The van der Waals surface area contributed by atoms with Gasteiger partial charge in [0.05, 0.1) is 14.2 Å². The van der Waals surface area contributed by atoms with Gasteiger partial charge < -0.3 is 19.7 Å². The third-order valence-electron chi connectivity index (χ3n) is 5.14. The van der Waals surface area contributed by atoms with E-state index in [0.717, 1.165) is 25.8 Å². The van der Waals surface area contributed by atoms with Crippen molar-refractivity contribution in [3.05, 3.63) is 36.7 Å². The van der Waals surface area contributed by atoms with E-state index in [1.165, 1.54) is 0 Å². The number of piperidine rings is 1. The largest absolute Gasteiger partial charge is 0.497 e. The Morgan fingerprint density at radius 3 is 2.62 bits per heavy atom. The first-order chi connectivity index (χ1) is 14.1. The van der Waals surface area contributed by atoms with Crippen molar-refractivity contribution in [3.63, 3.8) is 0 Å². The summed E-state index contributed by atoms with van der Waals surface area (Å²) in [4.78, 5) is 26.8. The van der Waals surface area contributed by atoms with Crippen LogP contribution in [0.3, 0.4) is 0 Å². The second-order valence-corrected chi connectivity index (χ2v) is 7.24. The molecule has 1 aromatic heterocycles. The smallest absolute Gasteiger partial charge is 0.244 e. The van der Waals surface area contributed by atoms with Gasteiger partial charge in [-0.2, -0.15) is 5.10 Å². The number of methoxy groups -OCH3 is 2. The first-order valence-corrected chi connectivity index (χ1v) is 9.85. The predicted molar refractivity (Wildman–Crippen MR) is 109 cm³/mol. The molecule has 0 radical (unpaired) electrons. The molecular weight excluding hydrogens is 372 g/mol. The highest BCUT2D eigenvalue weighted by Gasteiger charge is 2.24. The third-order valence-corrected chi connectivity index (χ3v) is 5.14. The molecule has 1 unspecified atom stereocenters. The molecule has 3 rings (SSSR count). The number of hydrogen-bond donors (Lipinski definition) is 1. The number of ether oxygens (including phenoxy) is 2. The van der Waals surface area contributed by atoms with E-state index in [1.54, 1.807) is 49.5 Å². The van der Waals surface area contributed by atoms with Crippen LogP contribution in [-0.2, 0) is 16.1 Å². The summed E-state index contributed by atoms with van der Waals surface area (Å²) in [5.41, 5.74) is 0.644. The van der Waals surface area contributed by atoms with Crippen LogP contribution in [0.4, 0.5) is 5.69 Å². The number of amides is 2. The number of nitrogens with one attached hydrogen (secondary N) is 1. The molecule has 156 valence electrons. The second-order valence-electron chi connectivity index (χ2n) is 7.24. The van der Waals surface area contributed by atoms with E-state index in [1.807, 2.05) is 11.0 Å². The maximum Gasteiger partial charge on any atom is 0.244 e. The molecule has 0 spiro atoms. The van der Waals surface area contributed by atoms with Crippen LogP contribution in [0.25, 0.3) is 0 Å². The first-order valence-electron chi connectivity index (χ1n) is 9.85. The van der Waals surface area contributed by atoms with Crippen LogP contribution < -0.4 is 14.8 Å². The summed E-state index contributed by atoms with van der Waals surface area (Å²) in [6.45, 7) is 1.73. The topological polar surface area (TPSA) is 85.7 Å². The fourth-order valence-corrected chi connectivity index (χ4v) is 3.60. The zero-order valence-corrected chi connectivity index (χ0v) is 17.0. The predicted octanol–water partition coefficient (Wildman–Crippen LogP) is 2.56. The lowest BCUT2D eigenvalue weighted by molar-refractivity contribution is -0.133. The minimum absolute atomic E-state index is 0.0553. The van der Waals surface area contributed by atoms with Gasteiger partial charge in [-0.15, -0.1) is 0 Å². The molecule has 0 bridgehead atoms. The van der Waals surface area contributed by atoms with Crippen molar-refractivity contribution < 1.29 is 19.1 Å². The second kappa shape index (κ2) is 9.95. The Morgan fingerprint density at radius 2 is 1.97 bits per heavy atom. The quantitative estimate of drug-likeness (QED) is 0.736. The molecule has 0 aliphatic carbocycles. The van der Waals surface area contributed by atoms with E-state index in [4.69, 9.17) is 9.47 Å². The van der Waals surface area contributed by atoms with E-state index in [9.17, 15) is 9.59 Å². The third kappa shape index (κ3) is 5.97. The molecule has 1 N–H and O–H groups in total. The lowest BCUT2D eigenvalue weighted by atomic mass is 9.93. The molecule has 0 saturated carbocycles. The molecule has 2 heterocycles. The average molecular weight is 400 g/mol. The Labute approximate surface area is 170 Å². The molecule has 1 aromatic carbocycles. The molecule has 1 atom stereocenters. The summed E-state index contributed by atoms with van der Waals surface area (Å²) in [5.74, 6) is 1.60. The first kappa shape index (κ1) is 20.7. The highest BCUT2D eigenvalue weighted by molar-refractivity contribution is 5.91. The van der Waals surface area contributed by atoms with Crippen LogP contribution in [0.1, 0.15) is 25.7 Å². The molecule has 8 heteroatoms. The molecule has 29 heavy (non-hydrogen) atoms. The van der Waals surface area contributed by atoms with Crippen LogP contribution in [0, 0.1) is 5.92 Å². The van der Waals surface area contributed by atoms with Crippen LogP contribution >= 0.6 is 0 Å². The molecule has 2 amide bonds. The van der Waals surface area contributed by atoms with Crippen molar-refractivity contribution in [2.24, 2.45) is 5.92 Å². The van der Waals surface area contributed by atoms with Gasteiger partial charge in [0, 0.05) is 55.8 Å². The zero-order chi connectivity index (χ0) is 20.6. The van der Waals surface area contributed by atoms with Gasteiger partial charge in [-0.25, -0.2) is 0 Å². The van der Waals surface area contributed by atoms with Gasteiger partial charge in [0.1, 0.15) is 18.0 Å². The maximum atomic E-state index is 12.5. The highest BCUT2D eigenvalue weighted by Crippen LogP contribution is 2.26. The molecular formula is C21H28N4O4. The van der Waals surface area contributed by atoms with Crippen LogP contribution in [0.2, 0.25) is 0 Å². The molecule has 1 aliphatic heterocycles. The van der Waals surface area contributed by atoms with Gasteiger partial charge in [-0.3, -0.25) is 14.3 Å². The van der Waals surface area contributed by atoms with Crippen LogP contribution in [0.5, 0.6) is 11.5 Å². The molecule has 1 saturated heterocycles. The van der Waals surface area contributed by atoms with Crippen molar-refractivity contribution in [1.29, 1.82) is 0 Å². The molecule has 2 aromatic rings. The monoisotopic (exact) mass is 400 g/mol. The Kier molecular flexibility index (Phi) is 7.10. The van der Waals surface area contributed by atoms with Crippen molar-refractivity contribution in [3.8, 4) is 11.5 Å². The Balaban J connectivity index is 1.48. The lowest BCUT2D eigenvalue weighted by Crippen LogP contribution is -2.41. The summed E-state index contributed by atoms with van der Waals surface area (Å²) < 4.78 is 12.1. The molecule has 8 nitrogen and oxygen atoms in total. The lowest BCUT2D eigenvalue weighted by Gasteiger charge is -2.32. The number of likely N-dealkylation sites (tertiary alicyclic amines) is 1. The van der Waals surface area contributed by atoms with Gasteiger partial charge in [0.25, 0.3) is 0 Å². The summed E-state index contributed by atoms with van der Waals surface area (Å²) in [6, 6.07) is 7.09. The summed E-state index contributed by atoms with van der Waals surface area (Å²) >= 11 is 0. The van der Waals surface area contributed by atoms with Gasteiger partial charge in [0.15, 0.2) is 0 Å². The SMILES string of the molecule is COc1cc(NC(=O)CCC2CCCN(C(=O)Cn3cccn3)C2)cc(OC)c1. The Hall–Kier alpha value is -3.03. The fourth-order valence-electron chi connectivity index (χ4n) is 3.60. The highest BCUT2D eigenvalue weighted by atomic mass is 16.5. The minimum atomic E-state index is -0.0553. The van der Waals surface area contributed by atoms with E-state index in [2.05, 4.69) is 10.4 Å². The van der Waals surface area contributed by atoms with E-state index < -0.39 is 0 Å². The molecule has 1 fully saturated rings. The summed E-state index contributed by atoms with van der Waals surface area (Å²) in [6.07, 6.45) is 6.61. The summed E-state index contributed by atoms with van der Waals surface area (Å²) in [7, 11) is 3.14. The van der Waals surface area contributed by atoms with Crippen molar-refractivity contribution >= 4 is 17.5 Å². The average Bonchev–Trinajstić information content (AvgIpc) is 3.25. The fraction of sp³-hybridized carbons (Fsp3) is 0.476. The Morgan fingerprint density at radius 1 is 1.21 bits per heavy atom. The Bertz CT molecular complexity index is 800. The maximum absolute atomic E-state index is 12.5.